The summed E-state index contributed by atoms with van der Waals surface area (Å²) in [5.74, 6) is 1.80. The average molecular weight is 463 g/mol. The van der Waals surface area contributed by atoms with Crippen molar-refractivity contribution in [2.75, 3.05) is 0 Å². The van der Waals surface area contributed by atoms with Crippen LogP contribution in [0.2, 0.25) is 20.1 Å². The molecule has 1 unspecified atom stereocenters. The van der Waals surface area contributed by atoms with Gasteiger partial charge in [-0.1, -0.05) is 64.2 Å². The number of thioether (sulfide) groups is 1. The zero-order valence-corrected chi connectivity index (χ0v) is 18.3. The number of hydrogen-bond acceptors (Lipinski definition) is 4. The molecule has 1 aromatic heterocycles. The Morgan fingerprint density at radius 3 is 2.41 bits per heavy atom. The number of rotatable bonds is 6. The van der Waals surface area contributed by atoms with Gasteiger partial charge in [-0.2, -0.15) is 0 Å². The molecule has 0 aliphatic rings. The van der Waals surface area contributed by atoms with E-state index in [9.17, 15) is 0 Å². The summed E-state index contributed by atoms with van der Waals surface area (Å²) in [5, 5.41) is 11.5. The van der Waals surface area contributed by atoms with Gasteiger partial charge in [0.15, 0.2) is 17.1 Å². The minimum atomic E-state index is -0.348. The van der Waals surface area contributed by atoms with Gasteiger partial charge in [0, 0.05) is 27.9 Å². The molecular weight excluding hydrogens is 448 g/mol. The van der Waals surface area contributed by atoms with Crippen molar-refractivity contribution in [3.05, 3.63) is 67.9 Å². The number of halogens is 4. The van der Waals surface area contributed by atoms with E-state index in [1.165, 1.54) is 11.8 Å². The van der Waals surface area contributed by atoms with Gasteiger partial charge in [-0.15, -0.1) is 10.2 Å². The number of nitrogens with zero attached hydrogens (tertiary/aromatic N) is 3. The Bertz CT molecular complexity index is 944. The van der Waals surface area contributed by atoms with Gasteiger partial charge in [-0.25, -0.2) is 0 Å². The number of hydrogen-bond donors (Lipinski definition) is 0. The second-order valence-electron chi connectivity index (χ2n) is 5.72. The minimum absolute atomic E-state index is 0.348. The molecule has 0 aliphatic heterocycles. The Balaban J connectivity index is 1.72. The molecular formula is C18H15Cl4N3OS. The minimum Gasteiger partial charge on any atom is -0.481 e. The average Bonchev–Trinajstić information content (AvgIpc) is 2.98. The largest absolute Gasteiger partial charge is 0.481 e. The molecule has 0 saturated heterocycles. The second-order valence-corrected chi connectivity index (χ2v) is 8.32. The number of aromatic nitrogens is 3. The highest BCUT2D eigenvalue weighted by Gasteiger charge is 2.19. The van der Waals surface area contributed by atoms with Gasteiger partial charge in [-0.05, 0) is 42.8 Å². The van der Waals surface area contributed by atoms with E-state index in [-0.39, 0.29) is 6.10 Å². The molecule has 27 heavy (non-hydrogen) atoms. The van der Waals surface area contributed by atoms with E-state index in [1.807, 2.05) is 36.7 Å². The van der Waals surface area contributed by atoms with Crippen LogP contribution < -0.4 is 4.74 Å². The normalized spacial score (nSPS) is 12.2. The molecule has 0 aliphatic carbocycles. The van der Waals surface area contributed by atoms with E-state index in [0.717, 1.165) is 10.7 Å². The van der Waals surface area contributed by atoms with Crippen molar-refractivity contribution in [2.24, 2.45) is 7.05 Å². The highest BCUT2D eigenvalue weighted by atomic mass is 35.5. The molecule has 0 spiro atoms. The van der Waals surface area contributed by atoms with Crippen LogP contribution in [-0.2, 0) is 12.8 Å². The predicted molar refractivity (Wildman–Crippen MR) is 113 cm³/mol. The third kappa shape index (κ3) is 4.84. The first-order chi connectivity index (χ1) is 12.9. The molecule has 1 atom stereocenters. The van der Waals surface area contributed by atoms with E-state index in [4.69, 9.17) is 51.1 Å². The van der Waals surface area contributed by atoms with Gasteiger partial charge in [0.1, 0.15) is 5.75 Å². The topological polar surface area (TPSA) is 39.9 Å². The maximum Gasteiger partial charge on any atom is 0.191 e. The van der Waals surface area contributed by atoms with Crippen LogP contribution >= 0.6 is 58.2 Å². The van der Waals surface area contributed by atoms with Gasteiger partial charge >= 0.3 is 0 Å². The molecule has 142 valence electrons. The smallest absolute Gasteiger partial charge is 0.191 e. The highest BCUT2D eigenvalue weighted by molar-refractivity contribution is 7.98. The summed E-state index contributed by atoms with van der Waals surface area (Å²) < 4.78 is 7.79. The van der Waals surface area contributed by atoms with Crippen molar-refractivity contribution in [1.29, 1.82) is 0 Å². The molecule has 0 fully saturated rings. The molecule has 4 nitrogen and oxygen atoms in total. The van der Waals surface area contributed by atoms with E-state index in [0.29, 0.717) is 37.4 Å². The zero-order chi connectivity index (χ0) is 19.6. The van der Waals surface area contributed by atoms with E-state index in [2.05, 4.69) is 10.2 Å². The monoisotopic (exact) mass is 461 g/mol. The summed E-state index contributed by atoms with van der Waals surface area (Å²) in [4.78, 5) is 0. The van der Waals surface area contributed by atoms with Crippen molar-refractivity contribution < 1.29 is 4.74 Å². The second kappa shape index (κ2) is 8.93. The lowest BCUT2D eigenvalue weighted by atomic mass is 10.2. The fourth-order valence-electron chi connectivity index (χ4n) is 2.43. The lowest BCUT2D eigenvalue weighted by molar-refractivity contribution is 0.211. The third-order valence-corrected chi connectivity index (χ3v) is 6.12. The molecule has 0 bridgehead atoms. The first-order valence-corrected chi connectivity index (χ1v) is 10.4. The van der Waals surface area contributed by atoms with Crippen LogP contribution in [0.5, 0.6) is 5.75 Å². The quantitative estimate of drug-likeness (QED) is 0.375. The van der Waals surface area contributed by atoms with Crippen LogP contribution in [0.25, 0.3) is 0 Å². The summed E-state index contributed by atoms with van der Waals surface area (Å²) in [5.41, 5.74) is 0.868. The molecule has 9 heteroatoms. The van der Waals surface area contributed by atoms with Gasteiger partial charge in [0.05, 0.1) is 5.02 Å². The molecule has 3 rings (SSSR count). The lowest BCUT2D eigenvalue weighted by Gasteiger charge is -2.15. The summed E-state index contributed by atoms with van der Waals surface area (Å²) in [6, 6.07) is 10.5. The predicted octanol–water partition coefficient (Wildman–Crippen LogP) is 6.86. The molecule has 0 N–H and O–H groups in total. The van der Waals surface area contributed by atoms with Crippen LogP contribution in [0.4, 0.5) is 0 Å². The van der Waals surface area contributed by atoms with Crippen molar-refractivity contribution in [1.82, 2.24) is 14.8 Å². The Hall–Kier alpha value is -1.11. The van der Waals surface area contributed by atoms with Crippen LogP contribution in [-0.4, -0.2) is 14.8 Å². The van der Waals surface area contributed by atoms with Crippen LogP contribution in [0.3, 0.4) is 0 Å². The summed E-state index contributed by atoms with van der Waals surface area (Å²) in [6.07, 6.45) is -0.348. The van der Waals surface area contributed by atoms with Crippen molar-refractivity contribution in [3.8, 4) is 5.75 Å². The fraction of sp³-hybridized carbons (Fsp3) is 0.222. The van der Waals surface area contributed by atoms with Crippen LogP contribution in [0, 0.1) is 0 Å². The van der Waals surface area contributed by atoms with Gasteiger partial charge in [0.25, 0.3) is 0 Å². The molecule has 3 aromatic rings. The van der Waals surface area contributed by atoms with Crippen molar-refractivity contribution >= 4 is 58.2 Å². The molecule has 2 aromatic carbocycles. The summed E-state index contributed by atoms with van der Waals surface area (Å²) in [7, 11) is 1.88. The van der Waals surface area contributed by atoms with Gasteiger partial charge < -0.3 is 9.30 Å². The molecule has 0 radical (unpaired) electrons. The number of benzene rings is 2. The third-order valence-electron chi connectivity index (χ3n) is 3.84. The Morgan fingerprint density at radius 1 is 1.04 bits per heavy atom. The maximum atomic E-state index is 6.22. The SMILES string of the molecule is CC(Oc1ccc(Cl)cc1Cl)c1nnc(SCc2c(Cl)cccc2Cl)n1C. The standard InChI is InChI=1S/C18H15Cl4N3OS/c1-10(26-16-7-6-11(19)8-15(16)22)17-23-24-18(25(17)2)27-9-12-13(20)4-3-5-14(12)21/h3-8,10H,9H2,1-2H3. The first kappa shape index (κ1) is 20.6. The Kier molecular flexibility index (Phi) is 6.82. The Morgan fingerprint density at radius 2 is 1.74 bits per heavy atom. The summed E-state index contributed by atoms with van der Waals surface area (Å²) >= 11 is 26.0. The van der Waals surface area contributed by atoms with E-state index < -0.39 is 0 Å². The van der Waals surface area contributed by atoms with Crippen LogP contribution in [0.15, 0.2) is 41.6 Å². The zero-order valence-electron chi connectivity index (χ0n) is 14.4. The van der Waals surface area contributed by atoms with Gasteiger partial charge in [0.2, 0.25) is 0 Å². The lowest BCUT2D eigenvalue weighted by Crippen LogP contribution is -2.10. The van der Waals surface area contributed by atoms with E-state index in [1.54, 1.807) is 18.2 Å². The van der Waals surface area contributed by atoms with E-state index >= 15 is 0 Å². The van der Waals surface area contributed by atoms with Gasteiger partial charge in [-0.3, -0.25) is 0 Å². The summed E-state index contributed by atoms with van der Waals surface area (Å²) in [6.45, 7) is 1.88. The van der Waals surface area contributed by atoms with Crippen molar-refractivity contribution in [3.63, 3.8) is 0 Å². The highest BCUT2D eigenvalue weighted by Crippen LogP contribution is 2.33. The molecule has 1 heterocycles. The van der Waals surface area contributed by atoms with Crippen LogP contribution in [0.1, 0.15) is 24.4 Å². The first-order valence-electron chi connectivity index (χ1n) is 7.93. The Labute approximate surface area is 181 Å². The molecule has 0 saturated carbocycles. The maximum absolute atomic E-state index is 6.22. The number of ether oxygens (including phenoxy) is 1. The fourth-order valence-corrected chi connectivity index (χ4v) is 4.54. The van der Waals surface area contributed by atoms with Crippen molar-refractivity contribution in [2.45, 2.75) is 23.9 Å². The molecule has 0 amide bonds.